The first kappa shape index (κ1) is 14.3. The van der Waals surface area contributed by atoms with E-state index in [4.69, 9.17) is 0 Å². The quantitative estimate of drug-likeness (QED) is 0.815. The lowest BCUT2D eigenvalue weighted by Crippen LogP contribution is -2.49. The van der Waals surface area contributed by atoms with Gasteiger partial charge in [0.25, 0.3) is 0 Å². The summed E-state index contributed by atoms with van der Waals surface area (Å²) in [6.07, 6.45) is 9.28. The Morgan fingerprint density at radius 2 is 1.67 bits per heavy atom. The fourth-order valence-corrected chi connectivity index (χ4v) is 3.97. The first-order valence-corrected chi connectivity index (χ1v) is 7.89. The largest absolute Gasteiger partial charge is 0.395 e. The van der Waals surface area contributed by atoms with Gasteiger partial charge in [0, 0.05) is 12.1 Å². The smallest absolute Gasteiger partial charge is 0.0586 e. The molecule has 1 unspecified atom stereocenters. The minimum Gasteiger partial charge on any atom is -0.395 e. The number of piperidine rings is 1. The van der Waals surface area contributed by atoms with E-state index >= 15 is 0 Å². The van der Waals surface area contributed by atoms with Gasteiger partial charge < -0.3 is 5.11 Å². The predicted octanol–water partition coefficient (Wildman–Crippen LogP) is 3.44. The normalized spacial score (nSPS) is 35.7. The summed E-state index contributed by atoms with van der Waals surface area (Å²) in [6.45, 7) is 8.73. The second-order valence-electron chi connectivity index (χ2n) is 7.44. The molecule has 2 fully saturated rings. The monoisotopic (exact) mass is 253 g/mol. The van der Waals surface area contributed by atoms with Crippen molar-refractivity contribution in [1.29, 1.82) is 0 Å². The van der Waals surface area contributed by atoms with Crippen LogP contribution in [0.15, 0.2) is 0 Å². The van der Waals surface area contributed by atoms with E-state index in [0.29, 0.717) is 18.1 Å². The summed E-state index contributed by atoms with van der Waals surface area (Å²) in [5.74, 6) is 0.895. The molecule has 1 aliphatic heterocycles. The van der Waals surface area contributed by atoms with Gasteiger partial charge in [-0.2, -0.15) is 0 Å². The van der Waals surface area contributed by atoms with Crippen molar-refractivity contribution < 1.29 is 5.11 Å². The Morgan fingerprint density at radius 1 is 1.00 bits per heavy atom. The van der Waals surface area contributed by atoms with Crippen molar-refractivity contribution in [3.05, 3.63) is 0 Å². The van der Waals surface area contributed by atoms with Crippen LogP contribution in [0.1, 0.15) is 65.7 Å². The van der Waals surface area contributed by atoms with E-state index in [9.17, 15) is 5.11 Å². The topological polar surface area (TPSA) is 23.5 Å². The molecule has 2 heteroatoms. The summed E-state index contributed by atoms with van der Waals surface area (Å²) in [4.78, 5) is 2.63. The fourth-order valence-electron chi connectivity index (χ4n) is 3.97. The molecule has 2 rings (SSSR count). The molecule has 0 aromatic heterocycles. The van der Waals surface area contributed by atoms with Crippen molar-refractivity contribution in [2.45, 2.75) is 77.8 Å². The molecule has 2 nitrogen and oxygen atoms in total. The van der Waals surface area contributed by atoms with Crippen molar-refractivity contribution >= 4 is 0 Å². The zero-order chi connectivity index (χ0) is 13.2. The number of aliphatic hydroxyl groups is 1. The molecule has 0 spiro atoms. The highest BCUT2D eigenvalue weighted by Crippen LogP contribution is 2.40. The van der Waals surface area contributed by atoms with E-state index in [1.165, 1.54) is 51.5 Å². The van der Waals surface area contributed by atoms with Gasteiger partial charge in [-0.15, -0.1) is 0 Å². The molecule has 0 bridgehead atoms. The predicted molar refractivity (Wildman–Crippen MR) is 76.6 cm³/mol. The SMILES string of the molecule is CC(C)(C)C1CCC(N2CCCCC2CO)CC1. The summed E-state index contributed by atoms with van der Waals surface area (Å²) in [6, 6.07) is 1.20. The highest BCUT2D eigenvalue weighted by molar-refractivity contribution is 4.88. The molecule has 1 aliphatic carbocycles. The van der Waals surface area contributed by atoms with Crippen LogP contribution < -0.4 is 0 Å². The third-order valence-corrected chi connectivity index (χ3v) is 5.27. The Hall–Kier alpha value is -0.0800. The van der Waals surface area contributed by atoms with Gasteiger partial charge in [-0.05, 0) is 56.4 Å². The molecular formula is C16H31NO. The number of likely N-dealkylation sites (tertiary alicyclic amines) is 1. The van der Waals surface area contributed by atoms with Crippen LogP contribution in [0, 0.1) is 11.3 Å². The van der Waals surface area contributed by atoms with Crippen molar-refractivity contribution in [1.82, 2.24) is 4.90 Å². The van der Waals surface area contributed by atoms with Gasteiger partial charge in [0.15, 0.2) is 0 Å². The molecule has 18 heavy (non-hydrogen) atoms. The van der Waals surface area contributed by atoms with E-state index < -0.39 is 0 Å². The number of rotatable bonds is 2. The van der Waals surface area contributed by atoms with Crippen LogP contribution >= 0.6 is 0 Å². The zero-order valence-corrected chi connectivity index (χ0v) is 12.5. The van der Waals surface area contributed by atoms with Crippen LogP contribution in [0.25, 0.3) is 0 Å². The molecule has 0 aromatic rings. The number of hydrogen-bond donors (Lipinski definition) is 1. The van der Waals surface area contributed by atoms with Gasteiger partial charge in [0.05, 0.1) is 6.61 Å². The zero-order valence-electron chi connectivity index (χ0n) is 12.5. The summed E-state index contributed by atoms with van der Waals surface area (Å²) in [5.41, 5.74) is 0.475. The van der Waals surface area contributed by atoms with E-state index in [-0.39, 0.29) is 0 Å². The number of hydrogen-bond acceptors (Lipinski definition) is 2. The lowest BCUT2D eigenvalue weighted by Gasteiger charge is -2.45. The van der Waals surface area contributed by atoms with Crippen LogP contribution in [0.3, 0.4) is 0 Å². The standard InChI is InChI=1S/C16H31NO/c1-16(2,3)13-7-9-14(10-8-13)17-11-5-4-6-15(17)12-18/h13-15,18H,4-12H2,1-3H3. The van der Waals surface area contributed by atoms with Crippen molar-refractivity contribution in [3.63, 3.8) is 0 Å². The Morgan fingerprint density at radius 3 is 2.22 bits per heavy atom. The summed E-state index contributed by atoms with van der Waals surface area (Å²) in [5, 5.41) is 9.53. The molecule has 2 aliphatic rings. The third kappa shape index (κ3) is 3.27. The maximum absolute atomic E-state index is 9.53. The maximum atomic E-state index is 9.53. The lowest BCUT2D eigenvalue weighted by atomic mass is 9.71. The molecule has 1 saturated carbocycles. The van der Waals surface area contributed by atoms with Crippen molar-refractivity contribution in [3.8, 4) is 0 Å². The fraction of sp³-hybridized carbons (Fsp3) is 1.00. The summed E-state index contributed by atoms with van der Waals surface area (Å²) in [7, 11) is 0. The Balaban J connectivity index is 1.88. The van der Waals surface area contributed by atoms with Crippen LogP contribution in [0.5, 0.6) is 0 Å². The molecule has 1 atom stereocenters. The number of aliphatic hydroxyl groups excluding tert-OH is 1. The lowest BCUT2D eigenvalue weighted by molar-refractivity contribution is 0.0211. The van der Waals surface area contributed by atoms with Crippen LogP contribution in [-0.4, -0.2) is 35.2 Å². The Kier molecular flexibility index (Phi) is 4.71. The average molecular weight is 253 g/mol. The first-order valence-electron chi connectivity index (χ1n) is 7.89. The molecular weight excluding hydrogens is 222 g/mol. The Labute approximate surface area is 113 Å². The van der Waals surface area contributed by atoms with Gasteiger partial charge in [0.1, 0.15) is 0 Å². The minimum absolute atomic E-state index is 0.360. The average Bonchev–Trinajstić information content (AvgIpc) is 2.38. The van der Waals surface area contributed by atoms with E-state index in [1.807, 2.05) is 0 Å². The number of nitrogens with zero attached hydrogens (tertiary/aromatic N) is 1. The van der Waals surface area contributed by atoms with Crippen LogP contribution in [0.4, 0.5) is 0 Å². The summed E-state index contributed by atoms with van der Waals surface area (Å²) < 4.78 is 0. The minimum atomic E-state index is 0.360. The van der Waals surface area contributed by atoms with Gasteiger partial charge in [-0.1, -0.05) is 27.2 Å². The second kappa shape index (κ2) is 5.92. The molecule has 1 N–H and O–H groups in total. The first-order chi connectivity index (χ1) is 8.52. The van der Waals surface area contributed by atoms with Gasteiger partial charge in [0.2, 0.25) is 0 Å². The molecule has 1 saturated heterocycles. The third-order valence-electron chi connectivity index (χ3n) is 5.27. The highest BCUT2D eigenvalue weighted by atomic mass is 16.3. The summed E-state index contributed by atoms with van der Waals surface area (Å²) >= 11 is 0. The van der Waals surface area contributed by atoms with Gasteiger partial charge in [-0.25, -0.2) is 0 Å². The molecule has 0 amide bonds. The van der Waals surface area contributed by atoms with Gasteiger partial charge >= 0.3 is 0 Å². The Bertz CT molecular complexity index is 250. The van der Waals surface area contributed by atoms with Gasteiger partial charge in [-0.3, -0.25) is 4.90 Å². The van der Waals surface area contributed by atoms with Crippen molar-refractivity contribution in [2.75, 3.05) is 13.2 Å². The van der Waals surface area contributed by atoms with Crippen LogP contribution in [0.2, 0.25) is 0 Å². The van der Waals surface area contributed by atoms with Crippen molar-refractivity contribution in [2.24, 2.45) is 11.3 Å². The maximum Gasteiger partial charge on any atom is 0.0586 e. The highest BCUT2D eigenvalue weighted by Gasteiger charge is 2.34. The molecule has 1 heterocycles. The molecule has 0 aromatic carbocycles. The van der Waals surface area contributed by atoms with E-state index in [1.54, 1.807) is 0 Å². The van der Waals surface area contributed by atoms with E-state index in [0.717, 1.165) is 12.0 Å². The molecule has 0 radical (unpaired) electrons. The van der Waals surface area contributed by atoms with E-state index in [2.05, 4.69) is 25.7 Å². The van der Waals surface area contributed by atoms with Crippen LogP contribution in [-0.2, 0) is 0 Å². The molecule has 106 valence electrons. The second-order valence-corrected chi connectivity index (χ2v) is 7.44.